The number of aromatic nitrogens is 2. The molecule has 0 saturated carbocycles. The van der Waals surface area contributed by atoms with E-state index in [9.17, 15) is 0 Å². The van der Waals surface area contributed by atoms with Crippen LogP contribution in [0.15, 0.2) is 35.2 Å². The largest absolute Gasteiger partial charge is 0.490 e. The Morgan fingerprint density at radius 2 is 2.00 bits per heavy atom. The third kappa shape index (κ3) is 4.26. The average molecular weight is 263 g/mol. The summed E-state index contributed by atoms with van der Waals surface area (Å²) in [6, 6.07) is 7.63. The van der Waals surface area contributed by atoms with Crippen LogP contribution in [0.25, 0.3) is 0 Å². The number of benzene rings is 1. The van der Waals surface area contributed by atoms with Crippen LogP contribution in [0.2, 0.25) is 0 Å². The van der Waals surface area contributed by atoms with E-state index in [1.165, 1.54) is 6.39 Å². The molecule has 1 aromatic heterocycles. The SMILES string of the molecule is CCOc1ccccc1OCCNCc1ncon1. The summed E-state index contributed by atoms with van der Waals surface area (Å²) in [5.74, 6) is 2.16. The van der Waals surface area contributed by atoms with E-state index < -0.39 is 0 Å². The zero-order chi connectivity index (χ0) is 13.3. The Hall–Kier alpha value is -2.08. The van der Waals surface area contributed by atoms with Gasteiger partial charge in [-0.1, -0.05) is 17.3 Å². The highest BCUT2D eigenvalue weighted by molar-refractivity contribution is 5.39. The van der Waals surface area contributed by atoms with Gasteiger partial charge in [0.05, 0.1) is 13.2 Å². The fourth-order valence-electron chi connectivity index (χ4n) is 1.55. The summed E-state index contributed by atoms with van der Waals surface area (Å²) in [6.07, 6.45) is 1.31. The van der Waals surface area contributed by atoms with E-state index in [1.807, 2.05) is 31.2 Å². The maximum absolute atomic E-state index is 5.66. The van der Waals surface area contributed by atoms with E-state index in [4.69, 9.17) is 9.47 Å². The van der Waals surface area contributed by atoms with Gasteiger partial charge in [0, 0.05) is 6.54 Å². The summed E-state index contributed by atoms with van der Waals surface area (Å²) in [7, 11) is 0. The first-order chi connectivity index (χ1) is 9.40. The highest BCUT2D eigenvalue weighted by Crippen LogP contribution is 2.25. The third-order valence-corrected chi connectivity index (χ3v) is 2.38. The molecule has 1 heterocycles. The van der Waals surface area contributed by atoms with Gasteiger partial charge in [-0.3, -0.25) is 0 Å². The van der Waals surface area contributed by atoms with Crippen molar-refractivity contribution in [3.8, 4) is 11.5 Å². The van der Waals surface area contributed by atoms with Crippen molar-refractivity contribution in [3.05, 3.63) is 36.5 Å². The molecule has 1 aromatic carbocycles. The zero-order valence-corrected chi connectivity index (χ0v) is 10.8. The highest BCUT2D eigenvalue weighted by atomic mass is 16.5. The molecule has 6 nitrogen and oxygen atoms in total. The van der Waals surface area contributed by atoms with E-state index in [2.05, 4.69) is 20.0 Å². The second kappa shape index (κ2) is 7.38. The van der Waals surface area contributed by atoms with Gasteiger partial charge in [-0.25, -0.2) is 0 Å². The molecule has 0 aliphatic rings. The van der Waals surface area contributed by atoms with Crippen molar-refractivity contribution in [2.45, 2.75) is 13.5 Å². The van der Waals surface area contributed by atoms with Crippen molar-refractivity contribution in [2.75, 3.05) is 19.8 Å². The molecule has 6 heteroatoms. The maximum Gasteiger partial charge on any atom is 0.213 e. The first kappa shape index (κ1) is 13.4. The summed E-state index contributed by atoms with van der Waals surface area (Å²) < 4.78 is 15.8. The van der Waals surface area contributed by atoms with Gasteiger partial charge < -0.3 is 19.3 Å². The van der Waals surface area contributed by atoms with Gasteiger partial charge in [0.15, 0.2) is 17.3 Å². The Balaban J connectivity index is 1.70. The molecule has 0 unspecified atom stereocenters. The van der Waals surface area contributed by atoms with Gasteiger partial charge in [0.2, 0.25) is 6.39 Å². The lowest BCUT2D eigenvalue weighted by Gasteiger charge is -2.11. The van der Waals surface area contributed by atoms with Crippen LogP contribution in [-0.4, -0.2) is 29.9 Å². The fourth-order valence-corrected chi connectivity index (χ4v) is 1.55. The van der Waals surface area contributed by atoms with Crippen molar-refractivity contribution in [1.29, 1.82) is 0 Å². The molecule has 0 aliphatic heterocycles. The van der Waals surface area contributed by atoms with Crippen LogP contribution >= 0.6 is 0 Å². The number of nitrogens with one attached hydrogen (secondary N) is 1. The molecule has 0 bridgehead atoms. The maximum atomic E-state index is 5.66. The molecule has 102 valence electrons. The minimum atomic E-state index is 0.544. The van der Waals surface area contributed by atoms with E-state index in [-0.39, 0.29) is 0 Å². The van der Waals surface area contributed by atoms with Gasteiger partial charge in [0.1, 0.15) is 6.61 Å². The Morgan fingerprint density at radius 1 is 1.21 bits per heavy atom. The van der Waals surface area contributed by atoms with E-state index >= 15 is 0 Å². The second-order valence-electron chi connectivity index (χ2n) is 3.75. The molecule has 0 aliphatic carbocycles. The number of ether oxygens (including phenoxy) is 2. The summed E-state index contributed by atoms with van der Waals surface area (Å²) >= 11 is 0. The van der Waals surface area contributed by atoms with Crippen molar-refractivity contribution >= 4 is 0 Å². The van der Waals surface area contributed by atoms with Crippen LogP contribution in [0.5, 0.6) is 11.5 Å². The normalized spacial score (nSPS) is 10.4. The molecule has 19 heavy (non-hydrogen) atoms. The minimum Gasteiger partial charge on any atom is -0.490 e. The Morgan fingerprint density at radius 3 is 2.68 bits per heavy atom. The van der Waals surface area contributed by atoms with E-state index in [0.717, 1.165) is 11.5 Å². The number of nitrogens with zero attached hydrogens (tertiary/aromatic N) is 2. The smallest absolute Gasteiger partial charge is 0.213 e. The first-order valence-corrected chi connectivity index (χ1v) is 6.20. The van der Waals surface area contributed by atoms with Crippen molar-refractivity contribution in [2.24, 2.45) is 0 Å². The summed E-state index contributed by atoms with van der Waals surface area (Å²) in [4.78, 5) is 3.91. The molecule has 0 fully saturated rings. The predicted molar refractivity (Wildman–Crippen MR) is 69.1 cm³/mol. The van der Waals surface area contributed by atoms with Crippen LogP contribution in [-0.2, 0) is 6.54 Å². The lowest BCUT2D eigenvalue weighted by atomic mass is 10.3. The van der Waals surface area contributed by atoms with Crippen LogP contribution in [0.1, 0.15) is 12.7 Å². The third-order valence-electron chi connectivity index (χ3n) is 2.38. The van der Waals surface area contributed by atoms with Crippen LogP contribution in [0.3, 0.4) is 0 Å². The van der Waals surface area contributed by atoms with E-state index in [0.29, 0.717) is 32.1 Å². The summed E-state index contributed by atoms with van der Waals surface area (Å²) in [5, 5.41) is 6.86. The fraction of sp³-hybridized carbons (Fsp3) is 0.385. The molecule has 0 amide bonds. The van der Waals surface area contributed by atoms with E-state index in [1.54, 1.807) is 0 Å². The Kier molecular flexibility index (Phi) is 5.18. The molecule has 0 spiro atoms. The quantitative estimate of drug-likeness (QED) is 0.730. The highest BCUT2D eigenvalue weighted by Gasteiger charge is 2.03. The molecular weight excluding hydrogens is 246 g/mol. The number of hydrogen-bond donors (Lipinski definition) is 1. The molecule has 1 N–H and O–H groups in total. The lowest BCUT2D eigenvalue weighted by Crippen LogP contribution is -2.21. The van der Waals surface area contributed by atoms with Crippen LogP contribution in [0.4, 0.5) is 0 Å². The van der Waals surface area contributed by atoms with Crippen molar-refractivity contribution in [1.82, 2.24) is 15.5 Å². The number of hydrogen-bond acceptors (Lipinski definition) is 6. The summed E-state index contributed by atoms with van der Waals surface area (Å²) in [6.45, 7) is 4.36. The van der Waals surface area contributed by atoms with Crippen LogP contribution < -0.4 is 14.8 Å². The molecule has 0 saturated heterocycles. The van der Waals surface area contributed by atoms with Crippen LogP contribution in [0, 0.1) is 0 Å². The monoisotopic (exact) mass is 263 g/mol. The van der Waals surface area contributed by atoms with Gasteiger partial charge in [-0.05, 0) is 19.1 Å². The van der Waals surface area contributed by atoms with Crippen molar-refractivity contribution in [3.63, 3.8) is 0 Å². The lowest BCUT2D eigenvalue weighted by molar-refractivity contribution is 0.275. The second-order valence-corrected chi connectivity index (χ2v) is 3.75. The molecule has 0 atom stereocenters. The molecular formula is C13H17N3O3. The van der Waals surface area contributed by atoms with Gasteiger partial charge in [-0.15, -0.1) is 0 Å². The zero-order valence-electron chi connectivity index (χ0n) is 10.8. The van der Waals surface area contributed by atoms with Gasteiger partial charge in [0.25, 0.3) is 0 Å². The topological polar surface area (TPSA) is 69.4 Å². The minimum absolute atomic E-state index is 0.544. The predicted octanol–water partition coefficient (Wildman–Crippen LogP) is 1.64. The standard InChI is InChI=1S/C13H17N3O3/c1-2-17-11-5-3-4-6-12(11)18-8-7-14-9-13-15-10-19-16-13/h3-6,10,14H,2,7-9H2,1H3. The van der Waals surface area contributed by atoms with Crippen molar-refractivity contribution < 1.29 is 14.0 Å². The Labute approximate surface area is 111 Å². The molecule has 2 aromatic rings. The summed E-state index contributed by atoms with van der Waals surface area (Å²) in [5.41, 5.74) is 0. The number of rotatable bonds is 8. The number of para-hydroxylation sites is 2. The average Bonchev–Trinajstić information content (AvgIpc) is 2.94. The molecule has 2 rings (SSSR count). The van der Waals surface area contributed by atoms with Gasteiger partial charge >= 0.3 is 0 Å². The Bertz CT molecular complexity index is 474. The van der Waals surface area contributed by atoms with Gasteiger partial charge in [-0.2, -0.15) is 4.98 Å². The first-order valence-electron chi connectivity index (χ1n) is 6.20. The molecule has 0 radical (unpaired) electrons.